The number of rotatable bonds is 4. The van der Waals surface area contributed by atoms with Gasteiger partial charge in [-0.2, -0.15) is 0 Å². The highest BCUT2D eigenvalue weighted by Gasteiger charge is 2.23. The average molecular weight is 302 g/mol. The predicted octanol–water partition coefficient (Wildman–Crippen LogP) is 4.65. The van der Waals surface area contributed by atoms with Gasteiger partial charge >= 0.3 is 0 Å². The van der Waals surface area contributed by atoms with Gasteiger partial charge in [0.2, 0.25) is 0 Å². The largest absolute Gasteiger partial charge is 0.375 e. The van der Waals surface area contributed by atoms with Gasteiger partial charge in [0, 0.05) is 11.1 Å². The van der Waals surface area contributed by atoms with Gasteiger partial charge < -0.3 is 10.1 Å². The lowest BCUT2D eigenvalue weighted by Crippen LogP contribution is -2.32. The number of fused-ring (bicyclic) bond motifs is 1. The molecule has 0 bridgehead atoms. The summed E-state index contributed by atoms with van der Waals surface area (Å²) in [5, 5.41) is 4.51. The Labute approximate surface area is 131 Å². The SMILES string of the molecule is CCC(NC1COCc2ccccc21)c1cccc(Cl)c1. The first-order valence-corrected chi connectivity index (χ1v) is 7.82. The molecule has 0 saturated heterocycles. The van der Waals surface area contributed by atoms with E-state index < -0.39 is 0 Å². The maximum Gasteiger partial charge on any atom is 0.0721 e. The van der Waals surface area contributed by atoms with E-state index in [1.165, 1.54) is 16.7 Å². The van der Waals surface area contributed by atoms with E-state index in [0.29, 0.717) is 13.2 Å². The second kappa shape index (κ2) is 6.61. The van der Waals surface area contributed by atoms with Crippen LogP contribution in [0.25, 0.3) is 0 Å². The van der Waals surface area contributed by atoms with E-state index in [1.54, 1.807) is 0 Å². The Morgan fingerprint density at radius 2 is 2.10 bits per heavy atom. The van der Waals surface area contributed by atoms with Crippen LogP contribution in [0.15, 0.2) is 48.5 Å². The highest BCUT2D eigenvalue weighted by Crippen LogP contribution is 2.29. The van der Waals surface area contributed by atoms with Crippen LogP contribution in [-0.2, 0) is 11.3 Å². The van der Waals surface area contributed by atoms with Crippen molar-refractivity contribution in [3.05, 3.63) is 70.2 Å². The first kappa shape index (κ1) is 14.6. The Hall–Kier alpha value is -1.35. The van der Waals surface area contributed by atoms with Crippen LogP contribution < -0.4 is 5.32 Å². The molecule has 2 aromatic rings. The van der Waals surface area contributed by atoms with E-state index in [2.05, 4.69) is 42.6 Å². The Morgan fingerprint density at radius 3 is 2.90 bits per heavy atom. The molecule has 2 atom stereocenters. The van der Waals surface area contributed by atoms with Crippen LogP contribution in [0.3, 0.4) is 0 Å². The van der Waals surface area contributed by atoms with Gasteiger partial charge in [0.1, 0.15) is 0 Å². The van der Waals surface area contributed by atoms with Gasteiger partial charge in [-0.3, -0.25) is 0 Å². The third kappa shape index (κ3) is 3.29. The van der Waals surface area contributed by atoms with Crippen LogP contribution in [0.5, 0.6) is 0 Å². The minimum Gasteiger partial charge on any atom is -0.375 e. The van der Waals surface area contributed by atoms with Crippen LogP contribution >= 0.6 is 11.6 Å². The molecular formula is C18H20ClNO. The van der Waals surface area contributed by atoms with Gasteiger partial charge in [-0.1, -0.05) is 54.9 Å². The molecule has 1 heterocycles. The summed E-state index contributed by atoms with van der Waals surface area (Å²) in [5.41, 5.74) is 3.86. The summed E-state index contributed by atoms with van der Waals surface area (Å²) in [5.74, 6) is 0. The van der Waals surface area contributed by atoms with E-state index in [9.17, 15) is 0 Å². The molecule has 2 nitrogen and oxygen atoms in total. The Balaban J connectivity index is 1.82. The molecule has 1 aliphatic rings. The van der Waals surface area contributed by atoms with Gasteiger partial charge in [-0.05, 0) is 35.2 Å². The van der Waals surface area contributed by atoms with Crippen LogP contribution in [0.2, 0.25) is 5.02 Å². The summed E-state index contributed by atoms with van der Waals surface area (Å²) in [7, 11) is 0. The molecular weight excluding hydrogens is 282 g/mol. The zero-order valence-corrected chi connectivity index (χ0v) is 12.9. The molecule has 0 aromatic heterocycles. The molecule has 0 spiro atoms. The van der Waals surface area contributed by atoms with Crippen molar-refractivity contribution in [1.29, 1.82) is 0 Å². The summed E-state index contributed by atoms with van der Waals surface area (Å²) in [6, 6.07) is 17.1. The number of ether oxygens (including phenoxy) is 1. The maximum atomic E-state index is 6.12. The van der Waals surface area contributed by atoms with Crippen LogP contribution in [0.4, 0.5) is 0 Å². The normalized spacial score (nSPS) is 19.0. The molecule has 1 aliphatic heterocycles. The number of nitrogens with one attached hydrogen (secondary N) is 1. The fourth-order valence-electron chi connectivity index (χ4n) is 2.94. The molecule has 21 heavy (non-hydrogen) atoms. The summed E-state index contributed by atoms with van der Waals surface area (Å²) in [6.45, 7) is 3.62. The molecule has 1 N–H and O–H groups in total. The highest BCUT2D eigenvalue weighted by atomic mass is 35.5. The van der Waals surface area contributed by atoms with Crippen LogP contribution in [0.1, 0.15) is 42.1 Å². The van der Waals surface area contributed by atoms with Gasteiger partial charge in [0.15, 0.2) is 0 Å². The van der Waals surface area contributed by atoms with E-state index in [0.717, 1.165) is 11.4 Å². The van der Waals surface area contributed by atoms with Gasteiger partial charge in [-0.15, -0.1) is 0 Å². The van der Waals surface area contributed by atoms with Gasteiger partial charge in [-0.25, -0.2) is 0 Å². The average Bonchev–Trinajstić information content (AvgIpc) is 2.52. The molecule has 3 rings (SSSR count). The Kier molecular flexibility index (Phi) is 4.59. The van der Waals surface area contributed by atoms with Gasteiger partial charge in [0.25, 0.3) is 0 Å². The smallest absolute Gasteiger partial charge is 0.0721 e. The Bertz CT molecular complexity index is 614. The monoisotopic (exact) mass is 301 g/mol. The van der Waals surface area contributed by atoms with Crippen molar-refractivity contribution in [2.24, 2.45) is 0 Å². The molecule has 0 saturated carbocycles. The first-order valence-electron chi connectivity index (χ1n) is 7.45. The van der Waals surface area contributed by atoms with E-state index in [-0.39, 0.29) is 12.1 Å². The fourth-order valence-corrected chi connectivity index (χ4v) is 3.13. The minimum absolute atomic E-state index is 0.235. The molecule has 110 valence electrons. The quantitative estimate of drug-likeness (QED) is 0.887. The second-order valence-electron chi connectivity index (χ2n) is 5.45. The van der Waals surface area contributed by atoms with Crippen molar-refractivity contribution in [3.8, 4) is 0 Å². The lowest BCUT2D eigenvalue weighted by molar-refractivity contribution is 0.0781. The molecule has 0 amide bonds. The molecule has 0 radical (unpaired) electrons. The summed E-state index contributed by atoms with van der Waals surface area (Å²) in [6.07, 6.45) is 1.01. The Morgan fingerprint density at radius 1 is 1.24 bits per heavy atom. The third-order valence-electron chi connectivity index (χ3n) is 4.03. The predicted molar refractivity (Wildman–Crippen MR) is 86.5 cm³/mol. The lowest BCUT2D eigenvalue weighted by Gasteiger charge is -2.30. The van der Waals surface area contributed by atoms with Crippen LogP contribution in [-0.4, -0.2) is 6.61 Å². The fraction of sp³-hybridized carbons (Fsp3) is 0.333. The number of benzene rings is 2. The molecule has 2 aromatic carbocycles. The van der Waals surface area contributed by atoms with Crippen molar-refractivity contribution >= 4 is 11.6 Å². The summed E-state index contributed by atoms with van der Waals surface area (Å²) < 4.78 is 5.72. The lowest BCUT2D eigenvalue weighted by atomic mass is 9.96. The standard InChI is InChI=1S/C18H20ClNO/c1-2-17(13-7-5-8-15(19)10-13)20-18-12-21-11-14-6-3-4-9-16(14)18/h3-10,17-18,20H,2,11-12H2,1H3. The van der Waals surface area contributed by atoms with E-state index in [1.807, 2.05) is 18.2 Å². The van der Waals surface area contributed by atoms with Crippen molar-refractivity contribution in [1.82, 2.24) is 5.32 Å². The second-order valence-corrected chi connectivity index (χ2v) is 5.89. The molecule has 2 unspecified atom stereocenters. The minimum atomic E-state index is 0.235. The van der Waals surface area contributed by atoms with Crippen molar-refractivity contribution in [2.45, 2.75) is 32.0 Å². The van der Waals surface area contributed by atoms with Gasteiger partial charge in [0.05, 0.1) is 19.3 Å². The highest BCUT2D eigenvalue weighted by molar-refractivity contribution is 6.30. The van der Waals surface area contributed by atoms with Crippen molar-refractivity contribution in [3.63, 3.8) is 0 Å². The number of hydrogen-bond donors (Lipinski definition) is 1. The molecule has 0 aliphatic carbocycles. The zero-order valence-electron chi connectivity index (χ0n) is 12.2. The van der Waals surface area contributed by atoms with Crippen molar-refractivity contribution in [2.75, 3.05) is 6.61 Å². The number of halogens is 1. The first-order chi connectivity index (χ1) is 10.3. The zero-order chi connectivity index (χ0) is 14.7. The topological polar surface area (TPSA) is 21.3 Å². The summed E-state index contributed by atoms with van der Waals surface area (Å²) in [4.78, 5) is 0. The van der Waals surface area contributed by atoms with Crippen LogP contribution in [0, 0.1) is 0 Å². The third-order valence-corrected chi connectivity index (χ3v) is 4.27. The number of hydrogen-bond acceptors (Lipinski definition) is 2. The molecule has 3 heteroatoms. The van der Waals surface area contributed by atoms with E-state index >= 15 is 0 Å². The summed E-state index contributed by atoms with van der Waals surface area (Å²) >= 11 is 6.12. The maximum absolute atomic E-state index is 6.12. The van der Waals surface area contributed by atoms with E-state index in [4.69, 9.17) is 16.3 Å². The van der Waals surface area contributed by atoms with Crippen molar-refractivity contribution < 1.29 is 4.74 Å². The molecule has 0 fully saturated rings.